The molecule has 1 heterocycles. The van der Waals surface area contributed by atoms with Gasteiger partial charge in [-0.1, -0.05) is 12.1 Å². The molecule has 1 atom stereocenters. The number of pyridine rings is 1. The summed E-state index contributed by atoms with van der Waals surface area (Å²) in [4.78, 5) is 49.9. The molecule has 2 rings (SSSR count). The third kappa shape index (κ3) is 10.7. The van der Waals surface area contributed by atoms with Crippen molar-refractivity contribution in [2.24, 2.45) is 0 Å². The summed E-state index contributed by atoms with van der Waals surface area (Å²) >= 11 is 0. The first-order chi connectivity index (χ1) is 15.7. The molecule has 11 nitrogen and oxygen atoms in total. The van der Waals surface area contributed by atoms with Crippen molar-refractivity contribution in [2.75, 3.05) is 18.4 Å². The standard InChI is InChI=1S/C22H27N5O6.Na/c1-15-8-10-24-19(11-15)23-9-3-2-7-20(28)25-14-21(29)26-18(13-22(30)31)16-5-4-6-17(12-16)27(32)33;/h4-6,8,10-12,18H,2-3,7,9,13-14H2,1H3,(H,23,24)(H,25,28)(H,26,29)(H,30,31);/q;+1. The Hall–Kier alpha value is -3.02. The van der Waals surface area contributed by atoms with Crippen LogP contribution in [0.5, 0.6) is 0 Å². The third-order valence-corrected chi connectivity index (χ3v) is 4.70. The minimum absolute atomic E-state index is 0. The van der Waals surface area contributed by atoms with E-state index in [4.69, 9.17) is 5.11 Å². The second kappa shape index (κ2) is 15.0. The van der Waals surface area contributed by atoms with Crippen molar-refractivity contribution in [3.05, 3.63) is 63.8 Å². The van der Waals surface area contributed by atoms with Gasteiger partial charge in [0.1, 0.15) is 5.82 Å². The Morgan fingerprint density at radius 3 is 2.59 bits per heavy atom. The number of nitrogens with zero attached hydrogens (tertiary/aromatic N) is 2. The molecule has 0 saturated heterocycles. The number of anilines is 1. The van der Waals surface area contributed by atoms with Crippen molar-refractivity contribution in [2.45, 2.75) is 38.6 Å². The largest absolute Gasteiger partial charge is 1.00 e. The van der Waals surface area contributed by atoms with Crippen molar-refractivity contribution in [3.63, 3.8) is 0 Å². The molecule has 0 aliphatic heterocycles. The van der Waals surface area contributed by atoms with Gasteiger partial charge in [0.2, 0.25) is 11.8 Å². The first-order valence-electron chi connectivity index (χ1n) is 10.4. The molecule has 12 heteroatoms. The van der Waals surface area contributed by atoms with E-state index in [-0.39, 0.29) is 54.1 Å². The van der Waals surface area contributed by atoms with Crippen LogP contribution in [0.25, 0.3) is 0 Å². The van der Waals surface area contributed by atoms with Crippen LogP contribution in [0.3, 0.4) is 0 Å². The molecule has 1 aromatic carbocycles. The molecule has 2 aromatic rings. The van der Waals surface area contributed by atoms with Crippen LogP contribution in [0.15, 0.2) is 42.6 Å². The molecule has 1 unspecified atom stereocenters. The Morgan fingerprint density at radius 1 is 1.15 bits per heavy atom. The Kier molecular flexibility index (Phi) is 12.8. The molecule has 0 fully saturated rings. The van der Waals surface area contributed by atoms with Crippen LogP contribution >= 0.6 is 0 Å². The maximum absolute atomic E-state index is 12.2. The van der Waals surface area contributed by atoms with E-state index in [0.29, 0.717) is 18.5 Å². The van der Waals surface area contributed by atoms with E-state index in [1.54, 1.807) is 6.20 Å². The maximum Gasteiger partial charge on any atom is 1.00 e. The van der Waals surface area contributed by atoms with Gasteiger partial charge in [0, 0.05) is 31.3 Å². The van der Waals surface area contributed by atoms with Crippen LogP contribution in [0.4, 0.5) is 11.5 Å². The number of benzene rings is 1. The van der Waals surface area contributed by atoms with E-state index < -0.39 is 29.3 Å². The number of non-ortho nitro benzene ring substituents is 1. The molecule has 0 radical (unpaired) electrons. The van der Waals surface area contributed by atoms with Crippen LogP contribution in [-0.2, 0) is 14.4 Å². The number of aryl methyl sites for hydroxylation is 1. The molecular formula is C22H27N5NaO6+. The average Bonchev–Trinajstić information content (AvgIpc) is 2.77. The number of unbranched alkanes of at least 4 members (excludes halogenated alkanes) is 1. The van der Waals surface area contributed by atoms with E-state index in [0.717, 1.165) is 17.8 Å². The number of carbonyl (C=O) groups is 3. The zero-order chi connectivity index (χ0) is 24.2. The summed E-state index contributed by atoms with van der Waals surface area (Å²) in [5.74, 6) is -1.29. The second-order valence-corrected chi connectivity index (χ2v) is 7.45. The van der Waals surface area contributed by atoms with Crippen LogP contribution in [0.1, 0.15) is 42.9 Å². The van der Waals surface area contributed by atoms with Crippen LogP contribution in [-0.4, -0.2) is 45.9 Å². The quantitative estimate of drug-likeness (QED) is 0.127. The number of hydrogen-bond acceptors (Lipinski definition) is 7. The van der Waals surface area contributed by atoms with Gasteiger partial charge in [0.25, 0.3) is 5.69 Å². The van der Waals surface area contributed by atoms with Crippen molar-refractivity contribution in [3.8, 4) is 0 Å². The summed E-state index contributed by atoms with van der Waals surface area (Å²) in [6, 6.07) is 8.27. The zero-order valence-electron chi connectivity index (χ0n) is 19.2. The number of nitro benzene ring substituents is 1. The number of carboxylic acid groups (broad SMARTS) is 1. The van der Waals surface area contributed by atoms with Gasteiger partial charge in [-0.2, -0.15) is 0 Å². The van der Waals surface area contributed by atoms with Gasteiger partial charge in [0.15, 0.2) is 0 Å². The molecule has 0 bridgehead atoms. The molecule has 34 heavy (non-hydrogen) atoms. The van der Waals surface area contributed by atoms with Gasteiger partial charge in [-0.25, -0.2) is 4.98 Å². The summed E-state index contributed by atoms with van der Waals surface area (Å²) in [6.45, 7) is 2.31. The maximum atomic E-state index is 12.2. The number of nitro groups is 1. The average molecular weight is 480 g/mol. The Balaban J connectivity index is 0.00000578. The van der Waals surface area contributed by atoms with E-state index in [2.05, 4.69) is 20.9 Å². The van der Waals surface area contributed by atoms with Crippen molar-refractivity contribution in [1.82, 2.24) is 15.6 Å². The van der Waals surface area contributed by atoms with Crippen molar-refractivity contribution in [1.29, 1.82) is 0 Å². The third-order valence-electron chi connectivity index (χ3n) is 4.70. The summed E-state index contributed by atoms with van der Waals surface area (Å²) in [5.41, 5.74) is 1.18. The number of amides is 2. The molecule has 4 N–H and O–H groups in total. The smallest absolute Gasteiger partial charge is 0.481 e. The van der Waals surface area contributed by atoms with E-state index >= 15 is 0 Å². The Labute approximate surface area is 219 Å². The van der Waals surface area contributed by atoms with E-state index in [1.807, 2.05) is 19.1 Å². The van der Waals surface area contributed by atoms with Crippen LogP contribution in [0.2, 0.25) is 0 Å². The summed E-state index contributed by atoms with van der Waals surface area (Å²) < 4.78 is 0. The molecule has 0 saturated carbocycles. The van der Waals surface area contributed by atoms with Crippen LogP contribution < -0.4 is 45.5 Å². The number of rotatable bonds is 13. The Morgan fingerprint density at radius 2 is 1.91 bits per heavy atom. The molecule has 1 aromatic heterocycles. The number of aliphatic carboxylic acids is 1. The predicted octanol–water partition coefficient (Wildman–Crippen LogP) is -0.667. The van der Waals surface area contributed by atoms with Crippen LogP contribution in [0, 0.1) is 17.0 Å². The van der Waals surface area contributed by atoms with Gasteiger partial charge >= 0.3 is 35.5 Å². The first-order valence-corrected chi connectivity index (χ1v) is 10.4. The minimum atomic E-state index is -1.18. The molecule has 176 valence electrons. The monoisotopic (exact) mass is 480 g/mol. The molecule has 0 spiro atoms. The second-order valence-electron chi connectivity index (χ2n) is 7.45. The summed E-state index contributed by atoms with van der Waals surface area (Å²) in [5, 5.41) is 28.3. The van der Waals surface area contributed by atoms with Gasteiger partial charge < -0.3 is 21.1 Å². The first kappa shape index (κ1) is 29.0. The number of aromatic nitrogens is 1. The summed E-state index contributed by atoms with van der Waals surface area (Å²) in [7, 11) is 0. The SMILES string of the molecule is Cc1ccnc(NCCCCC(=O)NCC(=O)NC(CC(=O)O)c2cccc([N+](=O)[O-])c2)c1.[Na+]. The number of carbonyl (C=O) groups excluding carboxylic acids is 2. The number of hydrogen-bond donors (Lipinski definition) is 4. The molecule has 0 aliphatic rings. The zero-order valence-corrected chi connectivity index (χ0v) is 21.2. The molecule has 0 aliphatic carbocycles. The van der Waals surface area contributed by atoms with Gasteiger partial charge in [-0.05, 0) is 43.0 Å². The van der Waals surface area contributed by atoms with Crippen molar-refractivity contribution >= 4 is 29.3 Å². The van der Waals surface area contributed by atoms with Gasteiger partial charge in [-0.15, -0.1) is 0 Å². The molecule has 2 amide bonds. The predicted molar refractivity (Wildman–Crippen MR) is 121 cm³/mol. The van der Waals surface area contributed by atoms with E-state index in [1.165, 1.54) is 24.3 Å². The number of nitrogens with one attached hydrogen (secondary N) is 3. The normalized spacial score (nSPS) is 11.0. The van der Waals surface area contributed by atoms with E-state index in [9.17, 15) is 24.5 Å². The minimum Gasteiger partial charge on any atom is -0.481 e. The Bertz CT molecular complexity index is 1000. The molecular weight excluding hydrogens is 453 g/mol. The fourth-order valence-electron chi connectivity index (χ4n) is 3.05. The fraction of sp³-hybridized carbons (Fsp3) is 0.364. The topological polar surface area (TPSA) is 164 Å². The fourth-order valence-corrected chi connectivity index (χ4v) is 3.05. The van der Waals surface area contributed by atoms with Crippen molar-refractivity contribution < 1.29 is 54.0 Å². The number of carboxylic acids is 1. The summed E-state index contributed by atoms with van der Waals surface area (Å²) in [6.07, 6.45) is 2.85. The van der Waals surface area contributed by atoms with Gasteiger partial charge in [-0.3, -0.25) is 24.5 Å². The van der Waals surface area contributed by atoms with Gasteiger partial charge in [0.05, 0.1) is 23.9 Å².